The zero-order valence-corrected chi connectivity index (χ0v) is 12.7. The standard InChI is InChI=1S/C14H12ClN3O2S/c1-19-12-7-11(16)10(15)6-9(12)14-17-13(18-20-14)5-8-3-2-4-21-8/h2-4,6-7H,5,16H2,1H3. The molecular weight excluding hydrogens is 310 g/mol. The summed E-state index contributed by atoms with van der Waals surface area (Å²) in [4.78, 5) is 5.56. The molecule has 1 aromatic carbocycles. The molecule has 0 unspecified atom stereocenters. The van der Waals surface area contributed by atoms with Crippen molar-refractivity contribution in [1.82, 2.24) is 10.1 Å². The van der Waals surface area contributed by atoms with Crippen LogP contribution in [-0.4, -0.2) is 17.3 Å². The smallest absolute Gasteiger partial charge is 0.261 e. The molecular formula is C14H12ClN3O2S. The van der Waals surface area contributed by atoms with Gasteiger partial charge in [-0.15, -0.1) is 11.3 Å². The number of methoxy groups -OCH3 is 1. The third-order valence-electron chi connectivity index (χ3n) is 2.93. The van der Waals surface area contributed by atoms with Crippen molar-refractivity contribution >= 4 is 28.6 Å². The molecule has 0 aliphatic heterocycles. The van der Waals surface area contributed by atoms with Crippen molar-refractivity contribution in [3.8, 4) is 17.2 Å². The second-order valence-electron chi connectivity index (χ2n) is 4.35. The zero-order valence-electron chi connectivity index (χ0n) is 11.2. The molecule has 3 aromatic rings. The number of hydrogen-bond donors (Lipinski definition) is 1. The molecule has 0 saturated carbocycles. The van der Waals surface area contributed by atoms with Crippen LogP contribution in [0, 0.1) is 0 Å². The Morgan fingerprint density at radius 2 is 2.29 bits per heavy atom. The number of rotatable bonds is 4. The van der Waals surface area contributed by atoms with E-state index < -0.39 is 0 Å². The Kier molecular flexibility index (Phi) is 3.81. The molecule has 0 radical (unpaired) electrons. The van der Waals surface area contributed by atoms with Crippen LogP contribution in [0.15, 0.2) is 34.2 Å². The summed E-state index contributed by atoms with van der Waals surface area (Å²) in [6.07, 6.45) is 0.631. The Morgan fingerprint density at radius 3 is 3.00 bits per heavy atom. The van der Waals surface area contributed by atoms with Gasteiger partial charge in [0, 0.05) is 17.4 Å². The van der Waals surface area contributed by atoms with Gasteiger partial charge in [0.25, 0.3) is 5.89 Å². The predicted octanol–water partition coefficient (Wildman–Crippen LogP) is 3.63. The van der Waals surface area contributed by atoms with Crippen LogP contribution in [0.4, 0.5) is 5.69 Å². The number of thiophene rings is 1. The summed E-state index contributed by atoms with van der Waals surface area (Å²) in [6.45, 7) is 0. The molecule has 5 nitrogen and oxygen atoms in total. The van der Waals surface area contributed by atoms with Gasteiger partial charge in [0.05, 0.1) is 23.4 Å². The van der Waals surface area contributed by atoms with E-state index in [0.29, 0.717) is 40.2 Å². The zero-order chi connectivity index (χ0) is 14.8. The van der Waals surface area contributed by atoms with Crippen molar-refractivity contribution in [3.05, 3.63) is 45.4 Å². The number of benzene rings is 1. The quantitative estimate of drug-likeness (QED) is 0.743. The van der Waals surface area contributed by atoms with Gasteiger partial charge >= 0.3 is 0 Å². The first-order valence-corrected chi connectivity index (χ1v) is 7.41. The van der Waals surface area contributed by atoms with Crippen LogP contribution >= 0.6 is 22.9 Å². The molecule has 3 rings (SSSR count). The number of aromatic nitrogens is 2. The lowest BCUT2D eigenvalue weighted by molar-refractivity contribution is 0.403. The Hall–Kier alpha value is -2.05. The van der Waals surface area contributed by atoms with Crippen LogP contribution in [-0.2, 0) is 6.42 Å². The van der Waals surface area contributed by atoms with Crippen LogP contribution in [0.2, 0.25) is 5.02 Å². The normalized spacial score (nSPS) is 10.8. The number of halogens is 1. The van der Waals surface area contributed by atoms with Crippen molar-refractivity contribution < 1.29 is 9.26 Å². The Morgan fingerprint density at radius 1 is 1.43 bits per heavy atom. The molecule has 0 atom stereocenters. The van der Waals surface area contributed by atoms with E-state index in [1.54, 1.807) is 30.6 Å². The van der Waals surface area contributed by atoms with Crippen LogP contribution in [0.25, 0.3) is 11.5 Å². The van der Waals surface area contributed by atoms with Gasteiger partial charge < -0.3 is 15.0 Å². The monoisotopic (exact) mass is 321 g/mol. The van der Waals surface area contributed by atoms with Crippen LogP contribution in [0.3, 0.4) is 0 Å². The summed E-state index contributed by atoms with van der Waals surface area (Å²) in [5.41, 5.74) is 6.83. The van der Waals surface area contributed by atoms with Gasteiger partial charge in [0.1, 0.15) is 5.75 Å². The minimum absolute atomic E-state index is 0.361. The number of nitrogens with two attached hydrogens (primary N) is 1. The highest BCUT2D eigenvalue weighted by Crippen LogP contribution is 2.35. The topological polar surface area (TPSA) is 74.2 Å². The maximum atomic E-state index is 6.05. The van der Waals surface area contributed by atoms with Crippen molar-refractivity contribution in [2.45, 2.75) is 6.42 Å². The van der Waals surface area contributed by atoms with E-state index >= 15 is 0 Å². The van der Waals surface area contributed by atoms with Gasteiger partial charge in [-0.3, -0.25) is 0 Å². The minimum Gasteiger partial charge on any atom is -0.496 e. The number of nitrogens with zero attached hydrogens (tertiary/aromatic N) is 2. The lowest BCUT2D eigenvalue weighted by Crippen LogP contribution is -1.93. The first kappa shape index (κ1) is 13.9. The molecule has 0 saturated heterocycles. The van der Waals surface area contributed by atoms with Crippen molar-refractivity contribution in [2.75, 3.05) is 12.8 Å². The van der Waals surface area contributed by atoms with E-state index in [2.05, 4.69) is 10.1 Å². The van der Waals surface area contributed by atoms with Crippen molar-refractivity contribution in [3.63, 3.8) is 0 Å². The number of hydrogen-bond acceptors (Lipinski definition) is 6. The molecule has 2 heterocycles. The molecule has 0 aliphatic rings. The van der Waals surface area contributed by atoms with Gasteiger partial charge in [-0.05, 0) is 17.5 Å². The highest BCUT2D eigenvalue weighted by Gasteiger charge is 2.16. The van der Waals surface area contributed by atoms with Gasteiger partial charge in [-0.2, -0.15) is 4.98 Å². The Labute approximate surface area is 130 Å². The molecule has 21 heavy (non-hydrogen) atoms. The fourth-order valence-corrected chi connectivity index (χ4v) is 2.77. The van der Waals surface area contributed by atoms with Crippen molar-refractivity contribution in [1.29, 1.82) is 0 Å². The second-order valence-corrected chi connectivity index (χ2v) is 5.79. The maximum absolute atomic E-state index is 6.05. The summed E-state index contributed by atoms with van der Waals surface area (Å²) in [5.74, 6) is 1.52. The van der Waals surface area contributed by atoms with Gasteiger partial charge in [0.2, 0.25) is 0 Å². The largest absolute Gasteiger partial charge is 0.496 e. The average molecular weight is 322 g/mol. The molecule has 0 aliphatic carbocycles. The minimum atomic E-state index is 0.361. The first-order chi connectivity index (χ1) is 10.2. The van der Waals surface area contributed by atoms with Gasteiger partial charge in [0.15, 0.2) is 5.82 Å². The van der Waals surface area contributed by atoms with Crippen LogP contribution in [0.5, 0.6) is 5.75 Å². The second kappa shape index (κ2) is 5.75. The molecule has 0 bridgehead atoms. The van der Waals surface area contributed by atoms with E-state index in [0.717, 1.165) is 0 Å². The van der Waals surface area contributed by atoms with Gasteiger partial charge in [-0.25, -0.2) is 0 Å². The Bertz CT molecular complexity index is 756. The van der Waals surface area contributed by atoms with E-state index in [1.807, 2.05) is 17.5 Å². The highest BCUT2D eigenvalue weighted by atomic mass is 35.5. The molecule has 0 fully saturated rings. The predicted molar refractivity (Wildman–Crippen MR) is 82.8 cm³/mol. The fraction of sp³-hybridized carbons (Fsp3) is 0.143. The number of anilines is 1. The first-order valence-electron chi connectivity index (χ1n) is 6.15. The van der Waals surface area contributed by atoms with E-state index in [1.165, 1.54) is 4.88 Å². The average Bonchev–Trinajstić information content (AvgIpc) is 3.13. The van der Waals surface area contributed by atoms with Crippen LogP contribution < -0.4 is 10.5 Å². The van der Waals surface area contributed by atoms with E-state index in [9.17, 15) is 0 Å². The number of nitrogen functional groups attached to an aromatic ring is 1. The molecule has 0 amide bonds. The molecule has 108 valence electrons. The van der Waals surface area contributed by atoms with E-state index in [4.69, 9.17) is 26.6 Å². The Balaban J connectivity index is 1.94. The summed E-state index contributed by atoms with van der Waals surface area (Å²) >= 11 is 7.70. The summed E-state index contributed by atoms with van der Waals surface area (Å²) in [7, 11) is 1.55. The molecule has 0 spiro atoms. The van der Waals surface area contributed by atoms with Crippen molar-refractivity contribution in [2.24, 2.45) is 0 Å². The summed E-state index contributed by atoms with van der Waals surface area (Å²) < 4.78 is 10.6. The maximum Gasteiger partial charge on any atom is 0.261 e. The highest BCUT2D eigenvalue weighted by molar-refractivity contribution is 7.09. The lowest BCUT2D eigenvalue weighted by atomic mass is 10.2. The fourth-order valence-electron chi connectivity index (χ4n) is 1.91. The molecule has 7 heteroatoms. The number of ether oxygens (including phenoxy) is 1. The summed E-state index contributed by atoms with van der Waals surface area (Å²) in [6, 6.07) is 7.32. The third-order valence-corrected chi connectivity index (χ3v) is 4.13. The third kappa shape index (κ3) is 2.86. The molecule has 2 aromatic heterocycles. The lowest BCUT2D eigenvalue weighted by Gasteiger charge is -2.07. The van der Waals surface area contributed by atoms with Gasteiger partial charge in [-0.1, -0.05) is 22.8 Å². The summed E-state index contributed by atoms with van der Waals surface area (Å²) in [5, 5.41) is 6.42. The van der Waals surface area contributed by atoms with Crippen LogP contribution in [0.1, 0.15) is 10.7 Å². The van der Waals surface area contributed by atoms with E-state index in [-0.39, 0.29) is 0 Å². The SMILES string of the molecule is COc1cc(N)c(Cl)cc1-c1nc(Cc2cccs2)no1. The molecule has 2 N–H and O–H groups in total.